The van der Waals surface area contributed by atoms with Crippen molar-refractivity contribution in [2.75, 3.05) is 0 Å². The van der Waals surface area contributed by atoms with Crippen LogP contribution in [0.2, 0.25) is 0 Å². The molecule has 0 radical (unpaired) electrons. The van der Waals surface area contributed by atoms with E-state index in [-0.39, 0.29) is 0 Å². The number of hydrogen-bond donors (Lipinski definition) is 0. The van der Waals surface area contributed by atoms with E-state index >= 15 is 0 Å². The quantitative estimate of drug-likeness (QED) is 0.474. The highest BCUT2D eigenvalue weighted by Gasteiger charge is 1.73. The maximum atomic E-state index is 4.45. The maximum absolute atomic E-state index is 4.45. The van der Waals surface area contributed by atoms with Gasteiger partial charge in [-0.1, -0.05) is 18.2 Å². The minimum atomic E-state index is 1.40. The summed E-state index contributed by atoms with van der Waals surface area (Å²) in [5, 5.41) is 3.41. The summed E-state index contributed by atoms with van der Waals surface area (Å²) < 4.78 is 0. The maximum Gasteiger partial charge on any atom is 0.145 e. The molecule has 0 spiro atoms. The van der Waals surface area contributed by atoms with Crippen molar-refractivity contribution in [3.8, 4) is 0 Å². The molecule has 0 amide bonds. The van der Waals surface area contributed by atoms with Crippen LogP contribution in [0.4, 0.5) is 0 Å². The average molecular weight is 137 g/mol. The summed E-state index contributed by atoms with van der Waals surface area (Å²) in [5.74, 6) is 0. The molecule has 52 valence electrons. The molecule has 1 aliphatic rings. The summed E-state index contributed by atoms with van der Waals surface area (Å²) in [4.78, 5) is 8.75. The van der Waals surface area contributed by atoms with E-state index in [9.17, 15) is 0 Å². The normalized spacial score (nSPS) is 22.4. The van der Waals surface area contributed by atoms with Crippen molar-refractivity contribution in [2.45, 2.75) is 0 Å². The molecule has 0 N–H and O–H groups in total. The van der Waals surface area contributed by atoms with Crippen molar-refractivity contribution in [3.63, 3.8) is 0 Å². The molecule has 3 nitrogen and oxygen atoms in total. The van der Waals surface area contributed by atoms with Crippen molar-refractivity contribution < 1.29 is 9.88 Å². The molecule has 1 rings (SSSR count). The summed E-state index contributed by atoms with van der Waals surface area (Å²) in [6.45, 7) is 0. The molecule has 1 aliphatic heterocycles. The molecular formula is C7H7NO2. The van der Waals surface area contributed by atoms with Crippen LogP contribution in [0.1, 0.15) is 0 Å². The second kappa shape index (κ2) is 4.38. The molecule has 3 heteroatoms. The number of allylic oxidation sites excluding steroid dienone is 5. The summed E-state index contributed by atoms with van der Waals surface area (Å²) in [6, 6.07) is 0. The van der Waals surface area contributed by atoms with Crippen LogP contribution in [0.25, 0.3) is 0 Å². The Morgan fingerprint density at radius 2 is 1.70 bits per heavy atom. The number of rotatable bonds is 0. The molecule has 1 heterocycles. The van der Waals surface area contributed by atoms with Gasteiger partial charge in [-0.2, -0.15) is 4.99 Å². The summed E-state index contributed by atoms with van der Waals surface area (Å²) >= 11 is 0. The molecule has 0 fully saturated rings. The Bertz CT molecular complexity index is 170. The van der Waals surface area contributed by atoms with Crippen LogP contribution in [0, 0.1) is 0 Å². The standard InChI is InChI=1S/C7H7NO2/c1-2-4-6-8-10-9-7-5-3-1/h1-7H/b3-1?,4-2?,7-5-,8-6-. The topological polar surface area (TPSA) is 30.8 Å². The fourth-order valence-corrected chi connectivity index (χ4v) is 0.429. The lowest BCUT2D eigenvalue weighted by molar-refractivity contribution is -0.248. The Balaban J connectivity index is 2.53. The van der Waals surface area contributed by atoms with E-state index in [1.165, 1.54) is 12.5 Å². The van der Waals surface area contributed by atoms with Gasteiger partial charge < -0.3 is 0 Å². The second-order valence-corrected chi connectivity index (χ2v) is 1.52. The van der Waals surface area contributed by atoms with Gasteiger partial charge in [-0.05, 0) is 17.3 Å². The van der Waals surface area contributed by atoms with E-state index in [4.69, 9.17) is 0 Å². The van der Waals surface area contributed by atoms with E-state index < -0.39 is 0 Å². The first-order chi connectivity index (χ1) is 5.00. The molecule has 0 aromatic rings. The lowest BCUT2D eigenvalue weighted by Crippen LogP contribution is -1.77. The predicted octanol–water partition coefficient (Wildman–Crippen LogP) is 1.56. The summed E-state index contributed by atoms with van der Waals surface area (Å²) in [7, 11) is 0. The zero-order valence-electron chi connectivity index (χ0n) is 5.31. The van der Waals surface area contributed by atoms with Gasteiger partial charge in [0.15, 0.2) is 0 Å². The zero-order valence-corrected chi connectivity index (χ0v) is 5.31. The van der Waals surface area contributed by atoms with Crippen molar-refractivity contribution >= 4 is 6.21 Å². The van der Waals surface area contributed by atoms with E-state index in [0.717, 1.165) is 0 Å². The van der Waals surface area contributed by atoms with Gasteiger partial charge in [0.2, 0.25) is 0 Å². The van der Waals surface area contributed by atoms with Gasteiger partial charge >= 0.3 is 0 Å². The van der Waals surface area contributed by atoms with E-state index in [1.54, 1.807) is 12.2 Å². The van der Waals surface area contributed by atoms with Gasteiger partial charge in [-0.3, -0.25) is 4.89 Å². The second-order valence-electron chi connectivity index (χ2n) is 1.52. The lowest BCUT2D eigenvalue weighted by atomic mass is 10.4. The van der Waals surface area contributed by atoms with Crippen LogP contribution < -0.4 is 0 Å². The monoisotopic (exact) mass is 137 g/mol. The molecule has 0 unspecified atom stereocenters. The largest absolute Gasteiger partial charge is 0.276 e. The Morgan fingerprint density at radius 1 is 0.900 bits per heavy atom. The van der Waals surface area contributed by atoms with E-state index in [0.29, 0.717) is 0 Å². The highest BCUT2D eigenvalue weighted by atomic mass is 17.3. The van der Waals surface area contributed by atoms with Crippen LogP contribution in [0.5, 0.6) is 0 Å². The molecule has 0 saturated carbocycles. The van der Waals surface area contributed by atoms with Crippen LogP contribution in [0.15, 0.2) is 41.8 Å². The number of nitrogens with zero attached hydrogens (tertiary/aromatic N) is 1. The molecule has 10 heavy (non-hydrogen) atoms. The molecule has 0 bridgehead atoms. The minimum Gasteiger partial charge on any atom is -0.276 e. The smallest absolute Gasteiger partial charge is 0.145 e. The lowest BCUT2D eigenvalue weighted by Gasteiger charge is -1.89. The van der Waals surface area contributed by atoms with Crippen molar-refractivity contribution in [1.82, 2.24) is 0 Å². The summed E-state index contributed by atoms with van der Waals surface area (Å²) in [5.41, 5.74) is 0. The molecule has 0 aliphatic carbocycles. The van der Waals surface area contributed by atoms with Gasteiger partial charge in [-0.25, -0.2) is 0 Å². The van der Waals surface area contributed by atoms with Gasteiger partial charge in [0.05, 0.1) is 6.21 Å². The summed E-state index contributed by atoms with van der Waals surface area (Å²) in [6.07, 6.45) is 11.8. The first-order valence-corrected chi connectivity index (χ1v) is 2.84. The molecule has 0 saturated heterocycles. The van der Waals surface area contributed by atoms with Gasteiger partial charge in [0.1, 0.15) is 6.26 Å². The van der Waals surface area contributed by atoms with Gasteiger partial charge in [0.25, 0.3) is 0 Å². The molecule has 0 atom stereocenters. The van der Waals surface area contributed by atoms with Crippen LogP contribution >= 0.6 is 0 Å². The third-order valence-electron chi connectivity index (χ3n) is 0.812. The van der Waals surface area contributed by atoms with Crippen LogP contribution in [-0.2, 0) is 9.88 Å². The van der Waals surface area contributed by atoms with Crippen molar-refractivity contribution in [3.05, 3.63) is 36.6 Å². The number of oxime groups is 1. The predicted molar refractivity (Wildman–Crippen MR) is 38.1 cm³/mol. The van der Waals surface area contributed by atoms with E-state index in [1.807, 2.05) is 18.2 Å². The molecule has 0 aromatic heterocycles. The SMILES string of the molecule is C1=C/C=C\OO/N=C\C=C1. The highest BCUT2D eigenvalue weighted by molar-refractivity contribution is 5.70. The fraction of sp³-hybridized carbons (Fsp3) is 0. The Kier molecular flexibility index (Phi) is 2.89. The first-order valence-electron chi connectivity index (χ1n) is 2.84. The minimum absolute atomic E-state index is 1.40. The Labute approximate surface area is 58.9 Å². The van der Waals surface area contributed by atoms with Crippen molar-refractivity contribution in [2.24, 2.45) is 5.16 Å². The zero-order chi connectivity index (χ0) is 7.07. The molecular weight excluding hydrogens is 130 g/mol. The third kappa shape index (κ3) is 2.71. The number of hydrogen-bond acceptors (Lipinski definition) is 3. The van der Waals surface area contributed by atoms with Crippen LogP contribution in [-0.4, -0.2) is 6.21 Å². The van der Waals surface area contributed by atoms with Gasteiger partial charge in [-0.15, -0.1) is 0 Å². The molecule has 0 aromatic carbocycles. The van der Waals surface area contributed by atoms with Crippen LogP contribution in [0.3, 0.4) is 0 Å². The van der Waals surface area contributed by atoms with Gasteiger partial charge in [0, 0.05) is 0 Å². The first kappa shape index (κ1) is 6.61. The van der Waals surface area contributed by atoms with E-state index in [2.05, 4.69) is 15.0 Å². The third-order valence-corrected chi connectivity index (χ3v) is 0.812. The fourth-order valence-electron chi connectivity index (χ4n) is 0.429. The average Bonchev–Trinajstić information content (AvgIpc) is 2.01. The Hall–Kier alpha value is -1.51. The van der Waals surface area contributed by atoms with Crippen molar-refractivity contribution in [1.29, 1.82) is 0 Å². The highest BCUT2D eigenvalue weighted by Crippen LogP contribution is 1.86. The Morgan fingerprint density at radius 3 is 2.70 bits per heavy atom.